The zero-order chi connectivity index (χ0) is 11.4. The summed E-state index contributed by atoms with van der Waals surface area (Å²) in [6.45, 7) is 3.02. The van der Waals surface area contributed by atoms with E-state index >= 15 is 0 Å². The highest BCUT2D eigenvalue weighted by molar-refractivity contribution is 9.10. The molecule has 0 spiro atoms. The number of amidine groups is 1. The van der Waals surface area contributed by atoms with Gasteiger partial charge < -0.3 is 5.32 Å². The van der Waals surface area contributed by atoms with Gasteiger partial charge in [0, 0.05) is 26.5 Å². The van der Waals surface area contributed by atoms with E-state index in [9.17, 15) is 0 Å². The van der Waals surface area contributed by atoms with Crippen LogP contribution in [0, 0.1) is 0 Å². The monoisotopic (exact) mass is 318 g/mol. The zero-order valence-electron chi connectivity index (χ0n) is 9.20. The van der Waals surface area contributed by atoms with Gasteiger partial charge in [-0.3, -0.25) is 4.99 Å². The lowest BCUT2D eigenvalue weighted by Gasteiger charge is -2.24. The van der Waals surface area contributed by atoms with E-state index in [1.54, 1.807) is 11.3 Å². The van der Waals surface area contributed by atoms with Gasteiger partial charge >= 0.3 is 0 Å². The minimum atomic E-state index is 0.620. The Kier molecular flexibility index (Phi) is 4.73. The van der Waals surface area contributed by atoms with E-state index in [4.69, 9.17) is 0 Å². The van der Waals surface area contributed by atoms with E-state index in [0.29, 0.717) is 6.04 Å². The van der Waals surface area contributed by atoms with E-state index < -0.39 is 0 Å². The molecule has 0 radical (unpaired) electrons. The number of hydrogen-bond acceptors (Lipinski definition) is 3. The summed E-state index contributed by atoms with van der Waals surface area (Å²) >= 11 is 7.05. The van der Waals surface area contributed by atoms with Crippen molar-refractivity contribution < 1.29 is 0 Å². The first-order chi connectivity index (χ1) is 7.78. The number of hydrogen-bond donors (Lipinski definition) is 1. The topological polar surface area (TPSA) is 24.4 Å². The molecule has 2 heterocycles. The summed E-state index contributed by atoms with van der Waals surface area (Å²) in [5.41, 5.74) is 0. The van der Waals surface area contributed by atoms with Crippen LogP contribution in [0.5, 0.6) is 0 Å². The average molecular weight is 319 g/mol. The second-order valence-corrected chi connectivity index (χ2v) is 6.73. The number of halogens is 1. The first-order valence-corrected chi connectivity index (χ1v) is 8.10. The lowest BCUT2D eigenvalue weighted by atomic mass is 10.2. The maximum Gasteiger partial charge on any atom is 0.157 e. The van der Waals surface area contributed by atoms with Gasteiger partial charge in [-0.05, 0) is 34.8 Å². The fourth-order valence-corrected chi connectivity index (χ4v) is 3.95. The van der Waals surface area contributed by atoms with Gasteiger partial charge in [0.05, 0.1) is 6.54 Å². The maximum absolute atomic E-state index is 4.62. The quantitative estimate of drug-likeness (QED) is 0.914. The van der Waals surface area contributed by atoms with Crippen molar-refractivity contribution >= 4 is 44.2 Å². The lowest BCUT2D eigenvalue weighted by Crippen LogP contribution is -2.37. The second-order valence-electron chi connectivity index (χ2n) is 3.74. The Balaban J connectivity index is 1.91. The molecule has 1 N–H and O–H groups in total. The predicted octanol–water partition coefficient (Wildman–Crippen LogP) is 3.87. The van der Waals surface area contributed by atoms with Crippen molar-refractivity contribution in [2.75, 3.05) is 5.75 Å². The summed E-state index contributed by atoms with van der Waals surface area (Å²) in [5.74, 6) is 1.19. The fourth-order valence-electron chi connectivity index (χ4n) is 1.57. The smallest absolute Gasteiger partial charge is 0.157 e. The van der Waals surface area contributed by atoms with Crippen LogP contribution in [0.4, 0.5) is 0 Å². The van der Waals surface area contributed by atoms with Crippen LogP contribution in [0.3, 0.4) is 0 Å². The lowest BCUT2D eigenvalue weighted by molar-refractivity contribution is 0.571. The Morgan fingerprint density at radius 3 is 3.19 bits per heavy atom. The van der Waals surface area contributed by atoms with E-state index in [1.165, 1.54) is 23.5 Å². The molecule has 0 aliphatic carbocycles. The molecule has 0 aromatic carbocycles. The van der Waals surface area contributed by atoms with Crippen LogP contribution in [-0.4, -0.2) is 17.0 Å². The van der Waals surface area contributed by atoms with E-state index in [1.807, 2.05) is 11.8 Å². The summed E-state index contributed by atoms with van der Waals surface area (Å²) in [5, 5.41) is 6.70. The molecule has 1 aromatic heterocycles. The Morgan fingerprint density at radius 1 is 1.62 bits per heavy atom. The van der Waals surface area contributed by atoms with Crippen molar-refractivity contribution in [1.82, 2.24) is 5.32 Å². The number of thioether (sulfide) groups is 1. The van der Waals surface area contributed by atoms with Gasteiger partial charge in [-0.2, -0.15) is 0 Å². The molecule has 5 heteroatoms. The summed E-state index contributed by atoms with van der Waals surface area (Å²) < 4.78 is 1.16. The van der Waals surface area contributed by atoms with Gasteiger partial charge in [0.25, 0.3) is 0 Å². The molecule has 0 amide bonds. The molecule has 2 nitrogen and oxygen atoms in total. The molecule has 1 aliphatic rings. The van der Waals surface area contributed by atoms with Crippen molar-refractivity contribution in [1.29, 1.82) is 0 Å². The van der Waals surface area contributed by atoms with Crippen LogP contribution < -0.4 is 5.32 Å². The summed E-state index contributed by atoms with van der Waals surface area (Å²) in [4.78, 5) is 5.93. The van der Waals surface area contributed by atoms with Crippen molar-refractivity contribution in [2.24, 2.45) is 4.99 Å². The van der Waals surface area contributed by atoms with Crippen LogP contribution in [0.1, 0.15) is 24.6 Å². The number of nitrogens with zero attached hydrogens (tertiary/aromatic N) is 1. The summed E-state index contributed by atoms with van der Waals surface area (Å²) in [7, 11) is 0. The van der Waals surface area contributed by atoms with E-state index in [2.05, 4.69) is 44.6 Å². The van der Waals surface area contributed by atoms with Crippen LogP contribution >= 0.6 is 39.0 Å². The minimum absolute atomic E-state index is 0.620. The molecule has 0 bridgehead atoms. The second kappa shape index (κ2) is 6.07. The van der Waals surface area contributed by atoms with Crippen molar-refractivity contribution in [3.05, 3.63) is 20.8 Å². The molecular weight excluding hydrogens is 304 g/mol. The van der Waals surface area contributed by atoms with E-state index in [-0.39, 0.29) is 0 Å². The molecule has 1 saturated heterocycles. The molecule has 88 valence electrons. The van der Waals surface area contributed by atoms with Gasteiger partial charge in [0.2, 0.25) is 0 Å². The molecule has 2 rings (SSSR count). The number of thiophene rings is 1. The molecule has 1 aromatic rings. The molecule has 1 fully saturated rings. The van der Waals surface area contributed by atoms with Gasteiger partial charge in [0.15, 0.2) is 5.17 Å². The molecular formula is C11H15BrN2S2. The maximum atomic E-state index is 4.62. The third-order valence-corrected chi connectivity index (χ3v) is 5.17. The van der Waals surface area contributed by atoms with Crippen LogP contribution in [0.2, 0.25) is 0 Å². The Morgan fingerprint density at radius 2 is 2.50 bits per heavy atom. The molecule has 1 aliphatic heterocycles. The molecule has 1 atom stereocenters. The normalized spacial score (nSPS) is 23.4. The molecule has 0 saturated carbocycles. The Bertz CT molecular complexity index is 376. The third kappa shape index (κ3) is 3.50. The largest absolute Gasteiger partial charge is 0.362 e. The average Bonchev–Trinajstić information content (AvgIpc) is 2.73. The first-order valence-electron chi connectivity index (χ1n) is 5.44. The zero-order valence-corrected chi connectivity index (χ0v) is 12.4. The summed E-state index contributed by atoms with van der Waals surface area (Å²) in [6, 6.07) is 2.76. The first kappa shape index (κ1) is 12.5. The van der Waals surface area contributed by atoms with Gasteiger partial charge in [-0.15, -0.1) is 11.3 Å². The van der Waals surface area contributed by atoms with Crippen molar-refractivity contribution in [3.8, 4) is 0 Å². The number of aliphatic imine (C=N–C) groups is 1. The highest BCUT2D eigenvalue weighted by atomic mass is 79.9. The molecule has 1 unspecified atom stereocenters. The van der Waals surface area contributed by atoms with Gasteiger partial charge in [-0.25, -0.2) is 0 Å². The van der Waals surface area contributed by atoms with Crippen molar-refractivity contribution in [2.45, 2.75) is 32.4 Å². The SMILES string of the molecule is CCC1CCSC(=NCc2cc(Br)cs2)N1. The number of rotatable bonds is 3. The highest BCUT2D eigenvalue weighted by Gasteiger charge is 2.15. The summed E-state index contributed by atoms with van der Waals surface area (Å²) in [6.07, 6.45) is 2.44. The van der Waals surface area contributed by atoms with Crippen molar-refractivity contribution in [3.63, 3.8) is 0 Å². The number of nitrogens with one attached hydrogen (secondary N) is 1. The van der Waals surface area contributed by atoms with E-state index in [0.717, 1.165) is 16.2 Å². The predicted molar refractivity (Wildman–Crippen MR) is 77.4 cm³/mol. The van der Waals surface area contributed by atoms with Gasteiger partial charge in [-0.1, -0.05) is 18.7 Å². The standard InChI is InChI=1S/C11H15BrN2S2/c1-2-9-3-4-15-11(14-9)13-6-10-5-8(12)7-16-10/h5,7,9H,2-4,6H2,1H3,(H,13,14). The van der Waals surface area contributed by atoms with Crippen LogP contribution in [-0.2, 0) is 6.54 Å². The fraction of sp³-hybridized carbons (Fsp3) is 0.545. The molecule has 16 heavy (non-hydrogen) atoms. The Labute approximate surface area is 113 Å². The Hall–Kier alpha value is -0.0000000000000000833. The minimum Gasteiger partial charge on any atom is -0.362 e. The third-order valence-electron chi connectivity index (χ3n) is 2.53. The van der Waals surface area contributed by atoms with Crippen LogP contribution in [0.15, 0.2) is 20.9 Å². The highest BCUT2D eigenvalue weighted by Crippen LogP contribution is 2.21. The van der Waals surface area contributed by atoms with Crippen LogP contribution in [0.25, 0.3) is 0 Å². The van der Waals surface area contributed by atoms with Gasteiger partial charge in [0.1, 0.15) is 0 Å².